The zero-order chi connectivity index (χ0) is 15.7. The van der Waals surface area contributed by atoms with E-state index < -0.39 is 5.97 Å². The first-order valence-electron chi connectivity index (χ1n) is 7.24. The van der Waals surface area contributed by atoms with E-state index in [1.54, 1.807) is 18.2 Å². The van der Waals surface area contributed by atoms with Gasteiger partial charge in [-0.15, -0.1) is 0 Å². The van der Waals surface area contributed by atoms with Crippen LogP contribution in [0.1, 0.15) is 39.5 Å². The molecule has 0 aliphatic carbocycles. The van der Waals surface area contributed by atoms with Gasteiger partial charge in [-0.1, -0.05) is 29.8 Å². The van der Waals surface area contributed by atoms with E-state index in [2.05, 4.69) is 11.4 Å². The fourth-order valence-electron chi connectivity index (χ4n) is 2.85. The SMILES string of the molecule is Cc1cccc(C2CC(=O)Cc3cc(C(=O)O)ccc3N2)c1. The maximum Gasteiger partial charge on any atom is 0.335 e. The number of benzene rings is 2. The second-order valence-corrected chi connectivity index (χ2v) is 5.71. The zero-order valence-corrected chi connectivity index (χ0v) is 12.3. The molecule has 0 fully saturated rings. The molecule has 0 saturated carbocycles. The summed E-state index contributed by atoms with van der Waals surface area (Å²) in [6.07, 6.45) is 0.673. The topological polar surface area (TPSA) is 66.4 Å². The highest BCUT2D eigenvalue weighted by molar-refractivity contribution is 5.91. The van der Waals surface area contributed by atoms with E-state index >= 15 is 0 Å². The summed E-state index contributed by atoms with van der Waals surface area (Å²) in [5.41, 5.74) is 4.02. The minimum Gasteiger partial charge on any atom is -0.478 e. The van der Waals surface area contributed by atoms with Crippen LogP contribution < -0.4 is 5.32 Å². The molecule has 22 heavy (non-hydrogen) atoms. The van der Waals surface area contributed by atoms with Gasteiger partial charge in [-0.05, 0) is 36.2 Å². The fraction of sp³-hybridized carbons (Fsp3) is 0.222. The Kier molecular flexibility index (Phi) is 3.67. The molecule has 1 heterocycles. The van der Waals surface area contributed by atoms with E-state index in [1.165, 1.54) is 0 Å². The predicted molar refractivity (Wildman–Crippen MR) is 84.3 cm³/mol. The Morgan fingerprint density at radius 1 is 1.23 bits per heavy atom. The smallest absolute Gasteiger partial charge is 0.335 e. The number of nitrogens with one attached hydrogen (secondary N) is 1. The van der Waals surface area contributed by atoms with Crippen LogP contribution in [0.25, 0.3) is 0 Å². The Morgan fingerprint density at radius 3 is 2.77 bits per heavy atom. The molecule has 1 aliphatic heterocycles. The van der Waals surface area contributed by atoms with Gasteiger partial charge in [-0.2, -0.15) is 0 Å². The number of Topliss-reactive ketones (excluding diaryl/α,β-unsaturated/α-hetero) is 1. The van der Waals surface area contributed by atoms with E-state index in [1.807, 2.05) is 25.1 Å². The molecule has 0 radical (unpaired) electrons. The molecule has 0 bridgehead atoms. The standard InChI is InChI=1S/C18H17NO3/c1-11-3-2-4-12(7-11)17-10-15(20)9-14-8-13(18(21)22)5-6-16(14)19-17/h2-8,17,19H,9-10H2,1H3,(H,21,22). The Labute approximate surface area is 128 Å². The van der Waals surface area contributed by atoms with Gasteiger partial charge in [0.25, 0.3) is 0 Å². The van der Waals surface area contributed by atoms with Crippen LogP contribution in [0.15, 0.2) is 42.5 Å². The van der Waals surface area contributed by atoms with E-state index in [4.69, 9.17) is 5.11 Å². The van der Waals surface area contributed by atoms with Crippen molar-refractivity contribution >= 4 is 17.4 Å². The first-order chi connectivity index (χ1) is 10.5. The number of carboxylic acids is 1. The van der Waals surface area contributed by atoms with Gasteiger partial charge >= 0.3 is 5.97 Å². The molecule has 0 aromatic heterocycles. The summed E-state index contributed by atoms with van der Waals surface area (Å²) < 4.78 is 0. The Hall–Kier alpha value is -2.62. The van der Waals surface area contributed by atoms with Crippen LogP contribution in [0.5, 0.6) is 0 Å². The number of rotatable bonds is 2. The second-order valence-electron chi connectivity index (χ2n) is 5.71. The zero-order valence-electron chi connectivity index (χ0n) is 12.3. The van der Waals surface area contributed by atoms with E-state index in [0.717, 1.165) is 22.4 Å². The van der Waals surface area contributed by atoms with Crippen molar-refractivity contribution in [1.82, 2.24) is 0 Å². The number of hydrogen-bond donors (Lipinski definition) is 2. The molecule has 2 N–H and O–H groups in total. The predicted octanol–water partition coefficient (Wildman–Crippen LogP) is 3.36. The number of aryl methyl sites for hydroxylation is 1. The molecule has 4 nitrogen and oxygen atoms in total. The normalized spacial score (nSPS) is 17.3. The van der Waals surface area contributed by atoms with Crippen molar-refractivity contribution in [3.63, 3.8) is 0 Å². The lowest BCUT2D eigenvalue weighted by Crippen LogP contribution is -2.13. The van der Waals surface area contributed by atoms with Gasteiger partial charge < -0.3 is 10.4 Å². The van der Waals surface area contributed by atoms with Crippen molar-refractivity contribution in [2.24, 2.45) is 0 Å². The number of hydrogen-bond acceptors (Lipinski definition) is 3. The molecule has 1 atom stereocenters. The van der Waals surface area contributed by atoms with Crippen LogP contribution >= 0.6 is 0 Å². The third-order valence-corrected chi connectivity index (χ3v) is 3.95. The third-order valence-electron chi connectivity index (χ3n) is 3.95. The summed E-state index contributed by atoms with van der Waals surface area (Å²) >= 11 is 0. The van der Waals surface area contributed by atoms with Crippen LogP contribution in [-0.4, -0.2) is 16.9 Å². The number of carbonyl (C=O) groups is 2. The maximum absolute atomic E-state index is 12.2. The van der Waals surface area contributed by atoms with Crippen LogP contribution in [0, 0.1) is 6.92 Å². The molecular weight excluding hydrogens is 278 g/mol. The second kappa shape index (κ2) is 5.64. The summed E-state index contributed by atoms with van der Waals surface area (Å²) in [6.45, 7) is 2.02. The number of fused-ring (bicyclic) bond motifs is 1. The van der Waals surface area contributed by atoms with Gasteiger partial charge in [-0.3, -0.25) is 4.79 Å². The lowest BCUT2D eigenvalue weighted by Gasteiger charge is -2.18. The molecule has 2 aromatic carbocycles. The summed E-state index contributed by atoms with van der Waals surface area (Å²) in [7, 11) is 0. The highest BCUT2D eigenvalue weighted by Crippen LogP contribution is 2.31. The van der Waals surface area contributed by atoms with Crippen molar-refractivity contribution in [3.05, 3.63) is 64.7 Å². The highest BCUT2D eigenvalue weighted by Gasteiger charge is 2.23. The fourth-order valence-corrected chi connectivity index (χ4v) is 2.85. The molecule has 3 rings (SSSR count). The largest absolute Gasteiger partial charge is 0.478 e. The first kappa shape index (κ1) is 14.3. The van der Waals surface area contributed by atoms with Gasteiger partial charge in [-0.25, -0.2) is 4.79 Å². The van der Waals surface area contributed by atoms with Gasteiger partial charge in [0.2, 0.25) is 0 Å². The lowest BCUT2D eigenvalue weighted by molar-refractivity contribution is -0.118. The van der Waals surface area contributed by atoms with Gasteiger partial charge in [0.1, 0.15) is 5.78 Å². The van der Waals surface area contributed by atoms with Crippen molar-refractivity contribution in [3.8, 4) is 0 Å². The summed E-state index contributed by atoms with van der Waals surface area (Å²) in [5, 5.41) is 12.5. The number of aromatic carboxylic acids is 1. The Balaban J connectivity index is 1.98. The Bertz CT molecular complexity index is 752. The number of ketones is 1. The quantitative estimate of drug-likeness (QED) is 0.891. The van der Waals surface area contributed by atoms with E-state index in [0.29, 0.717) is 6.42 Å². The molecule has 4 heteroatoms. The van der Waals surface area contributed by atoms with Crippen LogP contribution in [-0.2, 0) is 11.2 Å². The van der Waals surface area contributed by atoms with Crippen LogP contribution in [0.3, 0.4) is 0 Å². The molecule has 0 spiro atoms. The molecule has 1 unspecified atom stereocenters. The summed E-state index contributed by atoms with van der Waals surface area (Å²) in [5.74, 6) is -0.866. The van der Waals surface area contributed by atoms with Gasteiger partial charge in [0.05, 0.1) is 11.6 Å². The van der Waals surface area contributed by atoms with Gasteiger partial charge in [0.15, 0.2) is 0 Å². The maximum atomic E-state index is 12.2. The van der Waals surface area contributed by atoms with Crippen LogP contribution in [0.2, 0.25) is 0 Å². The molecule has 112 valence electrons. The first-order valence-corrected chi connectivity index (χ1v) is 7.24. The molecule has 0 saturated heterocycles. The lowest BCUT2D eigenvalue weighted by atomic mass is 9.99. The minimum atomic E-state index is -0.977. The van der Waals surface area contributed by atoms with Crippen molar-refractivity contribution in [2.75, 3.05) is 5.32 Å². The van der Waals surface area contributed by atoms with E-state index in [9.17, 15) is 9.59 Å². The molecule has 0 amide bonds. The molecule has 1 aliphatic rings. The van der Waals surface area contributed by atoms with E-state index in [-0.39, 0.29) is 23.8 Å². The number of carbonyl (C=O) groups excluding carboxylic acids is 1. The van der Waals surface area contributed by atoms with Crippen molar-refractivity contribution < 1.29 is 14.7 Å². The molecular formula is C18H17NO3. The minimum absolute atomic E-state index is 0.0793. The van der Waals surface area contributed by atoms with Gasteiger partial charge in [0, 0.05) is 18.5 Å². The average Bonchev–Trinajstić information content (AvgIpc) is 2.64. The number of anilines is 1. The highest BCUT2D eigenvalue weighted by atomic mass is 16.4. The Morgan fingerprint density at radius 2 is 2.05 bits per heavy atom. The van der Waals surface area contributed by atoms with Crippen LogP contribution in [0.4, 0.5) is 5.69 Å². The molecule has 2 aromatic rings. The van der Waals surface area contributed by atoms with Crippen molar-refractivity contribution in [2.45, 2.75) is 25.8 Å². The average molecular weight is 295 g/mol. The summed E-state index contributed by atoms with van der Waals surface area (Å²) in [6, 6.07) is 12.9. The third kappa shape index (κ3) is 2.86. The summed E-state index contributed by atoms with van der Waals surface area (Å²) in [4.78, 5) is 23.3. The number of carboxylic acid groups (broad SMARTS) is 1. The monoisotopic (exact) mass is 295 g/mol. The van der Waals surface area contributed by atoms with Crippen molar-refractivity contribution in [1.29, 1.82) is 0 Å².